The molecule has 1 amide bonds. The zero-order valence-corrected chi connectivity index (χ0v) is 14.4. The Bertz CT molecular complexity index is 704. The molecule has 0 heterocycles. The van der Waals surface area contributed by atoms with Crippen LogP contribution >= 0.6 is 23.2 Å². The van der Waals surface area contributed by atoms with E-state index in [-0.39, 0.29) is 12.5 Å². The van der Waals surface area contributed by atoms with Crippen LogP contribution < -0.4 is 14.8 Å². The molecule has 0 saturated heterocycles. The molecule has 0 radical (unpaired) electrons. The van der Waals surface area contributed by atoms with E-state index in [0.29, 0.717) is 27.2 Å². The molecule has 2 rings (SSSR count). The van der Waals surface area contributed by atoms with Crippen molar-refractivity contribution in [2.45, 2.75) is 13.3 Å². The molecular formula is C17H17Cl2NO3. The first-order valence-electron chi connectivity index (χ1n) is 7.08. The molecule has 6 heteroatoms. The highest BCUT2D eigenvalue weighted by molar-refractivity contribution is 6.42. The van der Waals surface area contributed by atoms with Crippen LogP contribution in [0.15, 0.2) is 36.4 Å². The number of carbonyl (C=O) groups excluding carboxylic acids is 1. The van der Waals surface area contributed by atoms with E-state index in [1.165, 1.54) is 0 Å². The van der Waals surface area contributed by atoms with Crippen molar-refractivity contribution in [2.75, 3.05) is 19.0 Å². The number of hydrogen-bond acceptors (Lipinski definition) is 3. The van der Waals surface area contributed by atoms with Gasteiger partial charge in [0.15, 0.2) is 18.1 Å². The van der Waals surface area contributed by atoms with Crippen molar-refractivity contribution >= 4 is 34.8 Å². The van der Waals surface area contributed by atoms with Gasteiger partial charge in [-0.15, -0.1) is 0 Å². The summed E-state index contributed by atoms with van der Waals surface area (Å²) in [6, 6.07) is 10.5. The molecule has 0 fully saturated rings. The van der Waals surface area contributed by atoms with Gasteiger partial charge in [-0.25, -0.2) is 0 Å². The second kappa shape index (κ2) is 8.09. The summed E-state index contributed by atoms with van der Waals surface area (Å²) in [5.74, 6) is 0.825. The Kier molecular flexibility index (Phi) is 6.13. The molecule has 4 nitrogen and oxygen atoms in total. The van der Waals surface area contributed by atoms with Crippen LogP contribution in [0.25, 0.3) is 0 Å². The summed E-state index contributed by atoms with van der Waals surface area (Å²) in [5, 5.41) is 3.50. The minimum atomic E-state index is -0.301. The fourth-order valence-electron chi connectivity index (χ4n) is 1.97. The Morgan fingerprint density at radius 3 is 2.52 bits per heavy atom. The summed E-state index contributed by atoms with van der Waals surface area (Å²) in [7, 11) is 1.57. The summed E-state index contributed by atoms with van der Waals surface area (Å²) in [5.41, 5.74) is 1.69. The zero-order valence-electron chi connectivity index (χ0n) is 12.9. The lowest BCUT2D eigenvalue weighted by Gasteiger charge is -2.12. The van der Waals surface area contributed by atoms with E-state index in [1.54, 1.807) is 31.4 Å². The van der Waals surface area contributed by atoms with Crippen LogP contribution in [0.3, 0.4) is 0 Å². The molecule has 23 heavy (non-hydrogen) atoms. The molecule has 2 aromatic carbocycles. The van der Waals surface area contributed by atoms with Crippen molar-refractivity contribution in [1.82, 2.24) is 0 Å². The van der Waals surface area contributed by atoms with E-state index in [4.69, 9.17) is 32.7 Å². The second-order valence-corrected chi connectivity index (χ2v) is 5.62. The first kappa shape index (κ1) is 17.4. The number of aryl methyl sites for hydroxylation is 1. The van der Waals surface area contributed by atoms with E-state index in [9.17, 15) is 4.79 Å². The van der Waals surface area contributed by atoms with Crippen LogP contribution in [-0.4, -0.2) is 19.6 Å². The van der Waals surface area contributed by atoms with Gasteiger partial charge in [0.2, 0.25) is 0 Å². The maximum Gasteiger partial charge on any atom is 0.262 e. The van der Waals surface area contributed by atoms with Gasteiger partial charge in [0.05, 0.1) is 17.2 Å². The monoisotopic (exact) mass is 353 g/mol. The third-order valence-electron chi connectivity index (χ3n) is 3.20. The lowest BCUT2D eigenvalue weighted by molar-refractivity contribution is -0.118. The molecule has 0 saturated carbocycles. The highest BCUT2D eigenvalue weighted by Crippen LogP contribution is 2.28. The molecular weight excluding hydrogens is 337 g/mol. The maximum absolute atomic E-state index is 12.0. The van der Waals surface area contributed by atoms with Gasteiger partial charge in [-0.05, 0) is 42.3 Å². The van der Waals surface area contributed by atoms with Gasteiger partial charge in [-0.2, -0.15) is 0 Å². The Morgan fingerprint density at radius 2 is 1.87 bits per heavy atom. The predicted molar refractivity (Wildman–Crippen MR) is 93.0 cm³/mol. The Morgan fingerprint density at radius 1 is 1.09 bits per heavy atom. The van der Waals surface area contributed by atoms with E-state index in [2.05, 4.69) is 12.2 Å². The van der Waals surface area contributed by atoms with Gasteiger partial charge in [-0.1, -0.05) is 36.2 Å². The largest absolute Gasteiger partial charge is 0.493 e. The number of ether oxygens (including phenoxy) is 2. The molecule has 2 aromatic rings. The number of halogens is 2. The van der Waals surface area contributed by atoms with Crippen molar-refractivity contribution in [3.63, 3.8) is 0 Å². The van der Waals surface area contributed by atoms with Crippen LogP contribution in [-0.2, 0) is 11.2 Å². The molecule has 0 aliphatic carbocycles. The average Bonchev–Trinajstić information content (AvgIpc) is 2.56. The van der Waals surface area contributed by atoms with Gasteiger partial charge in [-0.3, -0.25) is 4.79 Å². The topological polar surface area (TPSA) is 47.6 Å². The number of amides is 1. The summed E-state index contributed by atoms with van der Waals surface area (Å²) in [4.78, 5) is 12.0. The first-order valence-corrected chi connectivity index (χ1v) is 7.83. The van der Waals surface area contributed by atoms with Gasteiger partial charge >= 0.3 is 0 Å². The van der Waals surface area contributed by atoms with Crippen molar-refractivity contribution in [2.24, 2.45) is 0 Å². The molecule has 0 aliphatic rings. The molecule has 1 N–H and O–H groups in total. The lowest BCUT2D eigenvalue weighted by Crippen LogP contribution is -2.20. The number of carbonyl (C=O) groups is 1. The SMILES string of the molecule is CCc1ccc(OCC(=O)Nc2ccc(Cl)c(Cl)c2)c(OC)c1. The highest BCUT2D eigenvalue weighted by atomic mass is 35.5. The van der Waals surface area contributed by atoms with E-state index in [0.717, 1.165) is 12.0 Å². The smallest absolute Gasteiger partial charge is 0.262 e. The maximum atomic E-state index is 12.0. The fraction of sp³-hybridized carbons (Fsp3) is 0.235. The summed E-state index contributed by atoms with van der Waals surface area (Å²) < 4.78 is 10.8. The molecule has 0 atom stereocenters. The summed E-state index contributed by atoms with van der Waals surface area (Å²) >= 11 is 11.7. The predicted octanol–water partition coefficient (Wildman–Crippen LogP) is 4.58. The van der Waals surface area contributed by atoms with Gasteiger partial charge in [0, 0.05) is 5.69 Å². The quantitative estimate of drug-likeness (QED) is 0.826. The van der Waals surface area contributed by atoms with Crippen molar-refractivity contribution < 1.29 is 14.3 Å². The minimum Gasteiger partial charge on any atom is -0.493 e. The molecule has 0 bridgehead atoms. The van der Waals surface area contributed by atoms with E-state index >= 15 is 0 Å². The Balaban J connectivity index is 1.97. The lowest BCUT2D eigenvalue weighted by atomic mass is 10.1. The average molecular weight is 354 g/mol. The van der Waals surface area contributed by atoms with Crippen LogP contribution in [0.2, 0.25) is 10.0 Å². The molecule has 0 spiro atoms. The van der Waals surface area contributed by atoms with Crippen molar-refractivity contribution in [1.29, 1.82) is 0 Å². The first-order chi connectivity index (χ1) is 11.0. The van der Waals surface area contributed by atoms with Crippen molar-refractivity contribution in [3.05, 3.63) is 52.0 Å². The van der Waals surface area contributed by atoms with Gasteiger partial charge in [0.1, 0.15) is 0 Å². The van der Waals surface area contributed by atoms with Crippen LogP contribution in [0.4, 0.5) is 5.69 Å². The van der Waals surface area contributed by atoms with Crippen LogP contribution in [0, 0.1) is 0 Å². The number of nitrogens with one attached hydrogen (secondary N) is 1. The zero-order chi connectivity index (χ0) is 16.8. The van der Waals surface area contributed by atoms with E-state index in [1.807, 2.05) is 12.1 Å². The minimum absolute atomic E-state index is 0.137. The number of rotatable bonds is 6. The molecule has 0 unspecified atom stereocenters. The standard InChI is InChI=1S/C17H17Cl2NO3/c1-3-11-4-7-15(16(8-11)22-2)23-10-17(21)20-12-5-6-13(18)14(19)9-12/h4-9H,3,10H2,1-2H3,(H,20,21). The van der Waals surface area contributed by atoms with Crippen LogP contribution in [0.1, 0.15) is 12.5 Å². The van der Waals surface area contributed by atoms with Crippen LogP contribution in [0.5, 0.6) is 11.5 Å². The number of methoxy groups -OCH3 is 1. The van der Waals surface area contributed by atoms with Gasteiger partial charge < -0.3 is 14.8 Å². The number of anilines is 1. The number of hydrogen-bond donors (Lipinski definition) is 1. The summed E-state index contributed by atoms with van der Waals surface area (Å²) in [6.07, 6.45) is 0.897. The molecule has 122 valence electrons. The fourth-order valence-corrected chi connectivity index (χ4v) is 2.26. The third-order valence-corrected chi connectivity index (χ3v) is 3.94. The molecule has 0 aromatic heterocycles. The Hall–Kier alpha value is -1.91. The Labute approximate surface area is 145 Å². The third kappa shape index (κ3) is 4.78. The second-order valence-electron chi connectivity index (χ2n) is 4.80. The van der Waals surface area contributed by atoms with Gasteiger partial charge in [0.25, 0.3) is 5.91 Å². The van der Waals surface area contributed by atoms with E-state index < -0.39 is 0 Å². The van der Waals surface area contributed by atoms with Crippen molar-refractivity contribution in [3.8, 4) is 11.5 Å². The highest BCUT2D eigenvalue weighted by Gasteiger charge is 2.09. The number of benzene rings is 2. The molecule has 0 aliphatic heterocycles. The normalized spacial score (nSPS) is 10.3. The summed E-state index contributed by atoms with van der Waals surface area (Å²) in [6.45, 7) is 1.92.